The van der Waals surface area contributed by atoms with Gasteiger partial charge in [0, 0.05) is 18.5 Å². The van der Waals surface area contributed by atoms with Crippen molar-refractivity contribution in [2.24, 2.45) is 11.7 Å². The Morgan fingerprint density at radius 2 is 2.18 bits per heavy atom. The minimum atomic E-state index is -2.44. The normalized spacial score (nSPS) is 46.6. The second-order valence-corrected chi connectivity index (χ2v) is 3.44. The topological polar surface area (TPSA) is 38.0 Å². The van der Waals surface area contributed by atoms with Crippen LogP contribution in [0, 0.1) is 5.92 Å². The summed E-state index contributed by atoms with van der Waals surface area (Å²) < 4.78 is 25.4. The summed E-state index contributed by atoms with van der Waals surface area (Å²) in [6.45, 7) is 0.472. The number of hydrogen-bond donors (Lipinski definition) is 2. The highest BCUT2D eigenvalue weighted by atomic mass is 19.3. The molecule has 1 heterocycles. The fourth-order valence-corrected chi connectivity index (χ4v) is 1.88. The molecule has 1 aliphatic carbocycles. The molecule has 0 bridgehead atoms. The molecule has 1 saturated carbocycles. The first-order chi connectivity index (χ1) is 5.16. The van der Waals surface area contributed by atoms with E-state index in [0.29, 0.717) is 13.0 Å². The van der Waals surface area contributed by atoms with Crippen molar-refractivity contribution in [3.05, 3.63) is 0 Å². The monoisotopic (exact) mass is 162 g/mol. The van der Waals surface area contributed by atoms with Crippen LogP contribution in [0.15, 0.2) is 0 Å². The molecule has 0 aromatic heterocycles. The van der Waals surface area contributed by atoms with Crippen molar-refractivity contribution in [1.29, 1.82) is 0 Å². The third-order valence-corrected chi connectivity index (χ3v) is 2.73. The molecule has 2 rings (SSSR count). The van der Waals surface area contributed by atoms with Gasteiger partial charge in [-0.3, -0.25) is 0 Å². The van der Waals surface area contributed by atoms with E-state index in [1.165, 1.54) is 0 Å². The number of fused-ring (bicyclic) bond motifs is 1. The molecule has 2 fully saturated rings. The predicted octanol–water partition coefficient (Wildman–Crippen LogP) is 0.331. The van der Waals surface area contributed by atoms with E-state index in [4.69, 9.17) is 5.73 Å². The predicted molar refractivity (Wildman–Crippen MR) is 37.4 cm³/mol. The fourth-order valence-electron chi connectivity index (χ4n) is 1.88. The van der Waals surface area contributed by atoms with Gasteiger partial charge in [0.25, 0.3) is 5.92 Å². The van der Waals surface area contributed by atoms with Gasteiger partial charge in [-0.2, -0.15) is 0 Å². The zero-order chi connectivity index (χ0) is 8.06. The molecule has 2 nitrogen and oxygen atoms in total. The number of nitrogens with one attached hydrogen (secondary N) is 1. The number of halogens is 2. The summed E-state index contributed by atoms with van der Waals surface area (Å²) >= 11 is 0. The summed E-state index contributed by atoms with van der Waals surface area (Å²) in [6, 6.07) is -0.450. The van der Waals surface area contributed by atoms with Crippen LogP contribution in [0.5, 0.6) is 0 Å². The second kappa shape index (κ2) is 2.14. The Balaban J connectivity index is 1.97. The van der Waals surface area contributed by atoms with E-state index >= 15 is 0 Å². The summed E-state index contributed by atoms with van der Waals surface area (Å²) in [5, 5.41) is 2.86. The minimum Gasteiger partial charge on any atom is -0.329 e. The quantitative estimate of drug-likeness (QED) is 0.583. The lowest BCUT2D eigenvalue weighted by Crippen LogP contribution is -2.41. The average molecular weight is 162 g/mol. The van der Waals surface area contributed by atoms with Crippen LogP contribution in [-0.4, -0.2) is 24.6 Å². The van der Waals surface area contributed by atoms with Crippen LogP contribution >= 0.6 is 0 Å². The molecule has 64 valence electrons. The van der Waals surface area contributed by atoms with Crippen molar-refractivity contribution in [2.45, 2.75) is 30.8 Å². The smallest absolute Gasteiger partial charge is 0.268 e. The van der Waals surface area contributed by atoms with Gasteiger partial charge in [0.1, 0.15) is 0 Å². The van der Waals surface area contributed by atoms with Crippen LogP contribution in [0.4, 0.5) is 8.78 Å². The average Bonchev–Trinajstić information content (AvgIpc) is 2.55. The standard InChI is InChI=1S/C7H12F2N2/c8-7(9)5-2-1-4(3-10)11-6(5)7/h4-6,11H,1-3,10H2/t4-,5?,6?/m0/s1. The van der Waals surface area contributed by atoms with Gasteiger partial charge in [0.2, 0.25) is 0 Å². The van der Waals surface area contributed by atoms with Crippen LogP contribution in [0.2, 0.25) is 0 Å². The molecule has 0 radical (unpaired) electrons. The van der Waals surface area contributed by atoms with Gasteiger partial charge >= 0.3 is 0 Å². The Morgan fingerprint density at radius 1 is 1.45 bits per heavy atom. The number of alkyl halides is 2. The SMILES string of the molecule is NC[C@@H]1CCC2C(N1)C2(F)F. The molecule has 4 heteroatoms. The number of hydrogen-bond acceptors (Lipinski definition) is 2. The van der Waals surface area contributed by atoms with Crippen molar-refractivity contribution in [1.82, 2.24) is 5.32 Å². The number of nitrogens with two attached hydrogens (primary N) is 1. The van der Waals surface area contributed by atoms with Gasteiger partial charge < -0.3 is 11.1 Å². The summed E-state index contributed by atoms with van der Waals surface area (Å²) in [6.07, 6.45) is 1.43. The molecule has 1 aliphatic heterocycles. The minimum absolute atomic E-state index is 0.115. The Labute approximate surface area is 64.1 Å². The highest BCUT2D eigenvalue weighted by molar-refractivity contribution is 5.14. The molecular weight excluding hydrogens is 150 g/mol. The third-order valence-electron chi connectivity index (χ3n) is 2.73. The fraction of sp³-hybridized carbons (Fsp3) is 1.00. The molecule has 2 aliphatic rings. The van der Waals surface area contributed by atoms with Gasteiger partial charge in [0.05, 0.1) is 6.04 Å². The van der Waals surface area contributed by atoms with Crippen LogP contribution in [0.1, 0.15) is 12.8 Å². The lowest BCUT2D eigenvalue weighted by Gasteiger charge is -2.19. The largest absolute Gasteiger partial charge is 0.329 e. The lowest BCUT2D eigenvalue weighted by molar-refractivity contribution is 0.0916. The zero-order valence-electron chi connectivity index (χ0n) is 6.19. The maximum Gasteiger partial charge on any atom is 0.268 e. The van der Waals surface area contributed by atoms with Gasteiger partial charge in [0.15, 0.2) is 0 Å². The number of rotatable bonds is 1. The summed E-state index contributed by atoms with van der Waals surface area (Å²) in [7, 11) is 0. The Kier molecular flexibility index (Phi) is 1.44. The first-order valence-corrected chi connectivity index (χ1v) is 4.00. The Hall–Kier alpha value is -0.220. The van der Waals surface area contributed by atoms with Crippen LogP contribution < -0.4 is 11.1 Å². The van der Waals surface area contributed by atoms with E-state index in [9.17, 15) is 8.78 Å². The first kappa shape index (κ1) is 7.43. The van der Waals surface area contributed by atoms with Gasteiger partial charge in [-0.05, 0) is 12.8 Å². The molecule has 0 spiro atoms. The molecule has 3 atom stereocenters. The summed E-state index contributed by atoms with van der Waals surface area (Å²) in [4.78, 5) is 0. The third kappa shape index (κ3) is 0.964. The summed E-state index contributed by atoms with van der Waals surface area (Å²) in [5.74, 6) is -2.84. The molecule has 0 aromatic carbocycles. The van der Waals surface area contributed by atoms with Crippen molar-refractivity contribution in [2.75, 3.05) is 6.54 Å². The molecule has 1 saturated heterocycles. The van der Waals surface area contributed by atoms with Crippen molar-refractivity contribution in [3.8, 4) is 0 Å². The molecule has 3 N–H and O–H groups in total. The van der Waals surface area contributed by atoms with Gasteiger partial charge in [-0.1, -0.05) is 0 Å². The van der Waals surface area contributed by atoms with E-state index in [1.54, 1.807) is 0 Å². The van der Waals surface area contributed by atoms with E-state index in [0.717, 1.165) is 6.42 Å². The molecule has 11 heavy (non-hydrogen) atoms. The van der Waals surface area contributed by atoms with Gasteiger partial charge in [-0.25, -0.2) is 8.78 Å². The van der Waals surface area contributed by atoms with E-state index in [2.05, 4.69) is 5.32 Å². The Bertz CT molecular complexity index is 172. The van der Waals surface area contributed by atoms with E-state index < -0.39 is 17.9 Å². The first-order valence-electron chi connectivity index (χ1n) is 4.00. The lowest BCUT2D eigenvalue weighted by atomic mass is 10.1. The zero-order valence-corrected chi connectivity index (χ0v) is 6.19. The molecule has 0 amide bonds. The van der Waals surface area contributed by atoms with E-state index in [1.807, 2.05) is 0 Å². The van der Waals surface area contributed by atoms with Crippen molar-refractivity contribution in [3.63, 3.8) is 0 Å². The van der Waals surface area contributed by atoms with E-state index in [-0.39, 0.29) is 6.04 Å². The molecule has 2 unspecified atom stereocenters. The summed E-state index contributed by atoms with van der Waals surface area (Å²) in [5.41, 5.74) is 5.37. The van der Waals surface area contributed by atoms with Gasteiger partial charge in [-0.15, -0.1) is 0 Å². The van der Waals surface area contributed by atoms with Crippen LogP contribution in [-0.2, 0) is 0 Å². The van der Waals surface area contributed by atoms with Crippen LogP contribution in [0.25, 0.3) is 0 Å². The van der Waals surface area contributed by atoms with Crippen molar-refractivity contribution >= 4 is 0 Å². The number of piperidine rings is 1. The second-order valence-electron chi connectivity index (χ2n) is 3.44. The molecule has 0 aromatic rings. The Morgan fingerprint density at radius 3 is 2.73 bits per heavy atom. The highest BCUT2D eigenvalue weighted by Crippen LogP contribution is 2.53. The maximum absolute atomic E-state index is 12.7. The highest BCUT2D eigenvalue weighted by Gasteiger charge is 2.69. The van der Waals surface area contributed by atoms with Crippen molar-refractivity contribution < 1.29 is 8.78 Å². The molecular formula is C7H12F2N2. The maximum atomic E-state index is 12.7. The van der Waals surface area contributed by atoms with Crippen LogP contribution in [0.3, 0.4) is 0 Å².